The number of nitrogens with zero attached hydrogens (tertiary/aromatic N) is 1. The van der Waals surface area contributed by atoms with Crippen molar-refractivity contribution in [2.75, 3.05) is 7.05 Å². The average molecular weight is 414 g/mol. The molecule has 27 heavy (non-hydrogen) atoms. The van der Waals surface area contributed by atoms with E-state index in [0.717, 1.165) is 0 Å². The van der Waals surface area contributed by atoms with Gasteiger partial charge in [0.1, 0.15) is 17.2 Å². The van der Waals surface area contributed by atoms with Crippen LogP contribution in [0.1, 0.15) is 117 Å². The van der Waals surface area contributed by atoms with Gasteiger partial charge in [0.15, 0.2) is 0 Å². The summed E-state index contributed by atoms with van der Waals surface area (Å²) in [5.41, 5.74) is 0. The van der Waals surface area contributed by atoms with Gasteiger partial charge in [0.25, 0.3) is 0 Å². The van der Waals surface area contributed by atoms with E-state index in [0.29, 0.717) is 0 Å². The fraction of sp³-hybridized carbons (Fsp3) is 1.00. The molecule has 0 aliphatic rings. The third-order valence-corrected chi connectivity index (χ3v) is 15.2. The summed E-state index contributed by atoms with van der Waals surface area (Å²) in [5.74, 6) is 0. The van der Waals surface area contributed by atoms with Crippen LogP contribution in [0.4, 0.5) is 0 Å². The predicted molar refractivity (Wildman–Crippen MR) is 133 cm³/mol. The third-order valence-electron chi connectivity index (χ3n) is 6.39. The molecule has 0 aromatic carbocycles. The highest BCUT2D eigenvalue weighted by atomic mass is 28.4. The lowest BCUT2D eigenvalue weighted by Crippen LogP contribution is -2.51. The molecule has 1 nitrogen and oxygen atoms in total. The molecule has 0 N–H and O–H groups in total. The summed E-state index contributed by atoms with van der Waals surface area (Å²) >= 11 is 0. The highest BCUT2D eigenvalue weighted by Gasteiger charge is 2.27. The van der Waals surface area contributed by atoms with Crippen LogP contribution in [0, 0.1) is 0 Å². The van der Waals surface area contributed by atoms with Crippen LogP contribution in [0.15, 0.2) is 0 Å². The second-order valence-corrected chi connectivity index (χ2v) is 18.8. The quantitative estimate of drug-likeness (QED) is 0.142. The Labute approximate surface area is 176 Å². The van der Waals surface area contributed by atoms with Gasteiger partial charge in [-0.05, 0) is 19.1 Å². The molecular weight excluding hydrogens is 358 g/mol. The smallest absolute Gasteiger partial charge is 0.111 e. The fourth-order valence-electron chi connectivity index (χ4n) is 4.11. The van der Waals surface area contributed by atoms with E-state index in [1.807, 2.05) is 0 Å². The first-order valence-corrected chi connectivity index (χ1v) is 18.3. The lowest BCUT2D eigenvalue weighted by molar-refractivity contribution is 0.576. The summed E-state index contributed by atoms with van der Waals surface area (Å²) in [5, 5.41) is 0. The second-order valence-electron chi connectivity index (χ2n) is 9.96. The minimum atomic E-state index is -1.11. The normalized spacial score (nSPS) is 12.4. The molecule has 0 fully saturated rings. The molecule has 0 radical (unpaired) electrons. The van der Waals surface area contributed by atoms with Crippen molar-refractivity contribution in [3.05, 3.63) is 0 Å². The first-order valence-electron chi connectivity index (χ1n) is 12.7. The lowest BCUT2D eigenvalue weighted by Gasteiger charge is -2.37. The Morgan fingerprint density at radius 1 is 0.519 bits per heavy atom. The van der Waals surface area contributed by atoms with Gasteiger partial charge in [0, 0.05) is 0 Å². The molecular formula is C24H55NSi2. The van der Waals surface area contributed by atoms with Crippen molar-refractivity contribution in [3.8, 4) is 0 Å². The van der Waals surface area contributed by atoms with Gasteiger partial charge in [-0.2, -0.15) is 0 Å². The van der Waals surface area contributed by atoms with E-state index in [4.69, 9.17) is 0 Å². The first kappa shape index (κ1) is 27.4. The van der Waals surface area contributed by atoms with E-state index in [1.54, 1.807) is 12.1 Å². The number of hydrogen-bond donors (Lipinski definition) is 0. The van der Waals surface area contributed by atoms with Crippen molar-refractivity contribution in [1.82, 2.24) is 4.23 Å². The molecule has 0 aliphatic heterocycles. The van der Waals surface area contributed by atoms with Crippen LogP contribution in [0.3, 0.4) is 0 Å². The molecule has 0 amide bonds. The Bertz CT molecular complexity index is 281. The molecule has 0 atom stereocenters. The number of unbranched alkanes of at least 4 members (excludes halogenated alkanes) is 14. The van der Waals surface area contributed by atoms with Gasteiger partial charge in [-0.25, -0.2) is 0 Å². The minimum absolute atomic E-state index is 0.698. The van der Waals surface area contributed by atoms with E-state index in [-0.39, 0.29) is 0 Å². The molecule has 0 aliphatic carbocycles. The van der Waals surface area contributed by atoms with Crippen LogP contribution in [-0.2, 0) is 0 Å². The van der Waals surface area contributed by atoms with E-state index < -0.39 is 17.2 Å². The van der Waals surface area contributed by atoms with Crippen LogP contribution in [0.5, 0.6) is 0 Å². The van der Waals surface area contributed by atoms with Crippen LogP contribution in [-0.4, -0.2) is 28.5 Å². The monoisotopic (exact) mass is 413 g/mol. The van der Waals surface area contributed by atoms with E-state index in [2.05, 4.69) is 44.8 Å². The third kappa shape index (κ3) is 17.0. The van der Waals surface area contributed by atoms with Crippen LogP contribution < -0.4 is 0 Å². The highest BCUT2D eigenvalue weighted by molar-refractivity contribution is 6.83. The predicted octanol–water partition coefficient (Wildman–Crippen LogP) is 8.76. The van der Waals surface area contributed by atoms with Crippen molar-refractivity contribution < 1.29 is 0 Å². The van der Waals surface area contributed by atoms with E-state index in [1.165, 1.54) is 103 Å². The van der Waals surface area contributed by atoms with Crippen molar-refractivity contribution in [1.29, 1.82) is 0 Å². The minimum Gasteiger partial charge on any atom is -0.351 e. The molecule has 0 rings (SSSR count). The number of rotatable bonds is 20. The Kier molecular flexibility index (Phi) is 18.7. The van der Waals surface area contributed by atoms with Crippen molar-refractivity contribution >= 4 is 17.2 Å². The van der Waals surface area contributed by atoms with Gasteiger partial charge in [-0.1, -0.05) is 136 Å². The Morgan fingerprint density at radius 2 is 0.815 bits per heavy atom. The summed E-state index contributed by atoms with van der Waals surface area (Å²) in [6, 6.07) is 3.15. The topological polar surface area (TPSA) is 3.24 Å². The SMILES string of the molecule is CCCCCCCCCC[SiH](CCCCCCCCCC)N(C)[Si](C)(C)C. The zero-order valence-electron chi connectivity index (χ0n) is 20.3. The fourth-order valence-corrected chi connectivity index (χ4v) is 11.8. The zero-order valence-corrected chi connectivity index (χ0v) is 22.4. The van der Waals surface area contributed by atoms with Gasteiger partial charge in [-0.15, -0.1) is 0 Å². The molecule has 0 unspecified atom stereocenters. The number of hydrogen-bond acceptors (Lipinski definition) is 1. The molecule has 0 bridgehead atoms. The van der Waals surface area contributed by atoms with Gasteiger partial charge in [0.2, 0.25) is 0 Å². The van der Waals surface area contributed by atoms with Crippen LogP contribution in [0.2, 0.25) is 31.7 Å². The van der Waals surface area contributed by atoms with Gasteiger partial charge in [0.05, 0.1) is 0 Å². The summed E-state index contributed by atoms with van der Waals surface area (Å²) < 4.78 is 2.94. The van der Waals surface area contributed by atoms with Gasteiger partial charge < -0.3 is 4.23 Å². The summed E-state index contributed by atoms with van der Waals surface area (Å²) in [7, 11) is 0.678. The summed E-state index contributed by atoms with van der Waals surface area (Å²) in [6.45, 7) is 12.3. The van der Waals surface area contributed by atoms with Crippen molar-refractivity contribution in [3.63, 3.8) is 0 Å². The zero-order chi connectivity index (χ0) is 20.4. The van der Waals surface area contributed by atoms with E-state index >= 15 is 0 Å². The maximum Gasteiger partial charge on any atom is 0.111 e. The average Bonchev–Trinajstić information content (AvgIpc) is 2.63. The van der Waals surface area contributed by atoms with Crippen LogP contribution >= 0.6 is 0 Å². The largest absolute Gasteiger partial charge is 0.351 e. The van der Waals surface area contributed by atoms with Gasteiger partial charge >= 0.3 is 0 Å². The summed E-state index contributed by atoms with van der Waals surface area (Å²) in [4.78, 5) is 0. The second kappa shape index (κ2) is 18.4. The highest BCUT2D eigenvalue weighted by Crippen LogP contribution is 2.21. The van der Waals surface area contributed by atoms with E-state index in [9.17, 15) is 0 Å². The molecule has 0 heterocycles. The Hall–Kier alpha value is 0.394. The summed E-state index contributed by atoms with van der Waals surface area (Å²) in [6.07, 6.45) is 23.4. The molecule has 0 aromatic rings. The molecule has 0 aromatic heterocycles. The Morgan fingerprint density at radius 3 is 1.11 bits per heavy atom. The lowest BCUT2D eigenvalue weighted by atomic mass is 10.1. The van der Waals surface area contributed by atoms with Crippen molar-refractivity contribution in [2.24, 2.45) is 0 Å². The van der Waals surface area contributed by atoms with Crippen LogP contribution in [0.25, 0.3) is 0 Å². The standard InChI is InChI=1S/C24H55NSi2/c1-7-9-11-13-15-17-19-21-23-26(25(3)27(4,5)6)24-22-20-18-16-14-12-10-8-2/h26H,7-24H2,1-6H3. The molecule has 3 heteroatoms. The van der Waals surface area contributed by atoms with Gasteiger partial charge in [-0.3, -0.25) is 0 Å². The molecule has 0 spiro atoms. The van der Waals surface area contributed by atoms with Crippen molar-refractivity contribution in [2.45, 2.75) is 148 Å². The molecule has 0 saturated heterocycles. The molecule has 164 valence electrons. The maximum atomic E-state index is 2.94. The maximum absolute atomic E-state index is 2.94. The first-order chi connectivity index (χ1) is 12.9. The Balaban J connectivity index is 3.95. The molecule has 0 saturated carbocycles.